The second kappa shape index (κ2) is 8.59. The molecular formula is C20H21ClN6O2. The van der Waals surface area contributed by atoms with Gasteiger partial charge in [-0.15, -0.1) is 0 Å². The SMILES string of the molecule is Cc1noc(-c2ccnc(N3CCN(CC(=O)Nc4ccc(Cl)cc4)CC3)c2)n1. The molecule has 1 fully saturated rings. The molecule has 0 spiro atoms. The highest BCUT2D eigenvalue weighted by Gasteiger charge is 2.20. The predicted octanol–water partition coefficient (Wildman–Crippen LogP) is 2.85. The lowest BCUT2D eigenvalue weighted by Gasteiger charge is -2.35. The maximum absolute atomic E-state index is 12.3. The maximum Gasteiger partial charge on any atom is 0.258 e. The normalized spacial score (nSPS) is 14.8. The third kappa shape index (κ3) is 4.90. The fourth-order valence-corrected chi connectivity index (χ4v) is 3.34. The summed E-state index contributed by atoms with van der Waals surface area (Å²) in [6, 6.07) is 10.9. The Morgan fingerprint density at radius 3 is 2.62 bits per heavy atom. The number of aromatic nitrogens is 3. The number of halogens is 1. The van der Waals surface area contributed by atoms with Gasteiger partial charge in [-0.05, 0) is 43.3 Å². The molecule has 4 rings (SSSR count). The Morgan fingerprint density at radius 1 is 1.17 bits per heavy atom. The summed E-state index contributed by atoms with van der Waals surface area (Å²) in [7, 11) is 0. The first-order valence-corrected chi connectivity index (χ1v) is 9.74. The molecule has 9 heteroatoms. The number of hydrogen-bond acceptors (Lipinski definition) is 7. The Balaban J connectivity index is 1.31. The summed E-state index contributed by atoms with van der Waals surface area (Å²) in [4.78, 5) is 25.4. The summed E-state index contributed by atoms with van der Waals surface area (Å²) >= 11 is 5.87. The molecule has 1 amide bonds. The average Bonchev–Trinajstić information content (AvgIpc) is 3.17. The fraction of sp³-hybridized carbons (Fsp3) is 0.300. The van der Waals surface area contributed by atoms with Crippen LogP contribution in [-0.2, 0) is 4.79 Å². The van der Waals surface area contributed by atoms with Crippen molar-refractivity contribution >= 4 is 29.0 Å². The zero-order chi connectivity index (χ0) is 20.2. The summed E-state index contributed by atoms with van der Waals surface area (Å²) in [5.74, 6) is 1.92. The zero-order valence-corrected chi connectivity index (χ0v) is 16.8. The number of aryl methyl sites for hydroxylation is 1. The molecule has 0 aliphatic carbocycles. The molecule has 1 saturated heterocycles. The van der Waals surface area contributed by atoms with Gasteiger partial charge >= 0.3 is 0 Å². The number of benzene rings is 1. The van der Waals surface area contributed by atoms with E-state index >= 15 is 0 Å². The van der Waals surface area contributed by atoms with Crippen molar-refractivity contribution < 1.29 is 9.32 Å². The van der Waals surface area contributed by atoms with E-state index in [2.05, 4.69) is 30.2 Å². The van der Waals surface area contributed by atoms with Crippen molar-refractivity contribution in [3.05, 3.63) is 53.4 Å². The number of amides is 1. The molecule has 29 heavy (non-hydrogen) atoms. The number of carbonyl (C=O) groups excluding carboxylic acids is 1. The van der Waals surface area contributed by atoms with Crippen LogP contribution >= 0.6 is 11.6 Å². The van der Waals surface area contributed by atoms with Crippen molar-refractivity contribution in [1.82, 2.24) is 20.0 Å². The molecule has 150 valence electrons. The van der Waals surface area contributed by atoms with Crippen molar-refractivity contribution in [2.24, 2.45) is 0 Å². The van der Waals surface area contributed by atoms with E-state index in [0.29, 0.717) is 23.3 Å². The summed E-state index contributed by atoms with van der Waals surface area (Å²) in [6.45, 7) is 5.27. The molecule has 1 N–H and O–H groups in total. The van der Waals surface area contributed by atoms with E-state index in [4.69, 9.17) is 16.1 Å². The highest BCUT2D eigenvalue weighted by atomic mass is 35.5. The van der Waals surface area contributed by atoms with E-state index in [1.165, 1.54) is 0 Å². The molecule has 0 saturated carbocycles. The van der Waals surface area contributed by atoms with Gasteiger partial charge < -0.3 is 14.7 Å². The number of anilines is 2. The summed E-state index contributed by atoms with van der Waals surface area (Å²) < 4.78 is 5.24. The standard InChI is InChI=1S/C20H21ClN6O2/c1-14-23-20(29-25-14)15-6-7-22-18(12-15)27-10-8-26(9-11-27)13-19(28)24-17-4-2-16(21)3-5-17/h2-7,12H,8-11,13H2,1H3,(H,24,28). The largest absolute Gasteiger partial charge is 0.354 e. The lowest BCUT2D eigenvalue weighted by atomic mass is 10.2. The molecule has 0 bridgehead atoms. The fourth-order valence-electron chi connectivity index (χ4n) is 3.21. The van der Waals surface area contributed by atoms with E-state index in [0.717, 1.165) is 43.2 Å². The van der Waals surface area contributed by atoms with Crippen LogP contribution in [0.25, 0.3) is 11.5 Å². The van der Waals surface area contributed by atoms with Crippen LogP contribution in [-0.4, -0.2) is 58.7 Å². The Morgan fingerprint density at radius 2 is 1.93 bits per heavy atom. The second-order valence-corrected chi connectivity index (χ2v) is 7.30. The summed E-state index contributed by atoms with van der Waals surface area (Å²) in [5, 5.41) is 7.38. The molecule has 0 radical (unpaired) electrons. The van der Waals surface area contributed by atoms with Crippen LogP contribution in [0.5, 0.6) is 0 Å². The van der Waals surface area contributed by atoms with Crippen molar-refractivity contribution in [3.8, 4) is 11.5 Å². The van der Waals surface area contributed by atoms with E-state index in [-0.39, 0.29) is 5.91 Å². The third-order valence-corrected chi connectivity index (χ3v) is 4.96. The number of piperazine rings is 1. The summed E-state index contributed by atoms with van der Waals surface area (Å²) in [6.07, 6.45) is 1.75. The Hall–Kier alpha value is -2.97. The molecule has 2 aromatic heterocycles. The lowest BCUT2D eigenvalue weighted by molar-refractivity contribution is -0.117. The van der Waals surface area contributed by atoms with Crippen LogP contribution in [0.4, 0.5) is 11.5 Å². The van der Waals surface area contributed by atoms with Gasteiger partial charge in [-0.1, -0.05) is 16.8 Å². The van der Waals surface area contributed by atoms with Crippen LogP contribution < -0.4 is 10.2 Å². The highest BCUT2D eigenvalue weighted by molar-refractivity contribution is 6.30. The van der Waals surface area contributed by atoms with Crippen LogP contribution in [0.2, 0.25) is 5.02 Å². The Kier molecular flexibility index (Phi) is 5.73. The number of carbonyl (C=O) groups is 1. The summed E-state index contributed by atoms with van der Waals surface area (Å²) in [5.41, 5.74) is 1.59. The number of nitrogens with zero attached hydrogens (tertiary/aromatic N) is 5. The van der Waals surface area contributed by atoms with Crippen molar-refractivity contribution in [2.75, 3.05) is 42.9 Å². The van der Waals surface area contributed by atoms with Gasteiger partial charge in [0.1, 0.15) is 5.82 Å². The third-order valence-electron chi connectivity index (χ3n) is 4.71. The Bertz CT molecular complexity index is 983. The number of rotatable bonds is 5. The number of hydrogen-bond donors (Lipinski definition) is 1. The molecule has 1 aliphatic heterocycles. The second-order valence-electron chi connectivity index (χ2n) is 6.87. The van der Waals surface area contributed by atoms with Gasteiger partial charge in [-0.25, -0.2) is 4.98 Å². The highest BCUT2D eigenvalue weighted by Crippen LogP contribution is 2.22. The van der Waals surface area contributed by atoms with Crippen LogP contribution in [0.3, 0.4) is 0 Å². The van der Waals surface area contributed by atoms with Gasteiger partial charge in [-0.3, -0.25) is 9.69 Å². The minimum atomic E-state index is -0.0346. The molecule has 0 atom stereocenters. The molecule has 1 aromatic carbocycles. The van der Waals surface area contributed by atoms with Gasteiger partial charge in [0.25, 0.3) is 5.89 Å². The first-order chi connectivity index (χ1) is 14.1. The van der Waals surface area contributed by atoms with Gasteiger partial charge in [0.2, 0.25) is 5.91 Å². The quantitative estimate of drug-likeness (QED) is 0.689. The average molecular weight is 413 g/mol. The topological polar surface area (TPSA) is 87.4 Å². The van der Waals surface area contributed by atoms with Gasteiger partial charge in [0.15, 0.2) is 5.82 Å². The molecule has 8 nitrogen and oxygen atoms in total. The number of pyridine rings is 1. The maximum atomic E-state index is 12.3. The van der Waals surface area contributed by atoms with Crippen LogP contribution in [0.15, 0.2) is 47.1 Å². The van der Waals surface area contributed by atoms with Crippen LogP contribution in [0, 0.1) is 6.92 Å². The van der Waals surface area contributed by atoms with E-state index in [9.17, 15) is 4.79 Å². The minimum Gasteiger partial charge on any atom is -0.354 e. The predicted molar refractivity (Wildman–Crippen MR) is 111 cm³/mol. The Labute approximate surface area is 173 Å². The molecular weight excluding hydrogens is 392 g/mol. The van der Waals surface area contributed by atoms with Crippen molar-refractivity contribution in [2.45, 2.75) is 6.92 Å². The van der Waals surface area contributed by atoms with E-state index in [1.807, 2.05) is 12.1 Å². The van der Waals surface area contributed by atoms with E-state index in [1.54, 1.807) is 37.4 Å². The van der Waals surface area contributed by atoms with E-state index < -0.39 is 0 Å². The smallest absolute Gasteiger partial charge is 0.258 e. The number of nitrogens with one attached hydrogen (secondary N) is 1. The lowest BCUT2D eigenvalue weighted by Crippen LogP contribution is -2.48. The molecule has 3 aromatic rings. The first kappa shape index (κ1) is 19.4. The van der Waals surface area contributed by atoms with Gasteiger partial charge in [0.05, 0.1) is 6.54 Å². The first-order valence-electron chi connectivity index (χ1n) is 9.36. The molecule has 0 unspecified atom stereocenters. The van der Waals surface area contributed by atoms with Crippen LogP contribution in [0.1, 0.15) is 5.82 Å². The van der Waals surface area contributed by atoms with Crippen molar-refractivity contribution in [3.63, 3.8) is 0 Å². The van der Waals surface area contributed by atoms with Crippen molar-refractivity contribution in [1.29, 1.82) is 0 Å². The van der Waals surface area contributed by atoms with Gasteiger partial charge in [0, 0.05) is 48.6 Å². The minimum absolute atomic E-state index is 0.0346. The van der Waals surface area contributed by atoms with Gasteiger partial charge in [-0.2, -0.15) is 4.98 Å². The monoisotopic (exact) mass is 412 g/mol. The zero-order valence-electron chi connectivity index (χ0n) is 16.0. The molecule has 3 heterocycles. The molecule has 1 aliphatic rings.